The van der Waals surface area contributed by atoms with Gasteiger partial charge in [-0.3, -0.25) is 9.59 Å². The first-order valence-corrected chi connectivity index (χ1v) is 9.91. The number of ether oxygens (including phenoxy) is 1. The monoisotopic (exact) mass is 389 g/mol. The standard InChI is InChI=1S/C20H20ClNO3S/c1-14(23)25-16-8-6-15(7-9-16)20(24)22-11-10-19(26-13-12-22)17-4-2-3-5-18(17)21/h2-9,19H,10-13H2,1H3/t19-/m1/s1. The molecule has 1 aliphatic heterocycles. The average Bonchev–Trinajstić information content (AvgIpc) is 2.88. The number of amides is 1. The van der Waals surface area contributed by atoms with Crippen molar-refractivity contribution < 1.29 is 14.3 Å². The third-order valence-electron chi connectivity index (χ3n) is 4.24. The molecule has 6 heteroatoms. The molecule has 4 nitrogen and oxygen atoms in total. The lowest BCUT2D eigenvalue weighted by Crippen LogP contribution is -2.32. The van der Waals surface area contributed by atoms with Crippen molar-refractivity contribution in [3.8, 4) is 5.75 Å². The van der Waals surface area contributed by atoms with Crippen LogP contribution in [0.4, 0.5) is 0 Å². The second kappa shape index (κ2) is 8.60. The largest absolute Gasteiger partial charge is 0.427 e. The molecule has 3 rings (SSSR count). The highest BCUT2D eigenvalue weighted by Gasteiger charge is 2.24. The Hall–Kier alpha value is -1.98. The van der Waals surface area contributed by atoms with E-state index in [0.717, 1.165) is 22.8 Å². The fourth-order valence-corrected chi connectivity index (χ4v) is 4.57. The summed E-state index contributed by atoms with van der Waals surface area (Å²) in [4.78, 5) is 25.6. The maximum atomic E-state index is 12.8. The average molecular weight is 390 g/mol. The Morgan fingerprint density at radius 3 is 2.54 bits per heavy atom. The van der Waals surface area contributed by atoms with Gasteiger partial charge in [-0.15, -0.1) is 0 Å². The zero-order valence-electron chi connectivity index (χ0n) is 14.5. The maximum absolute atomic E-state index is 12.8. The fraction of sp³-hybridized carbons (Fsp3) is 0.300. The van der Waals surface area contributed by atoms with Crippen LogP contribution in [0.5, 0.6) is 5.75 Å². The lowest BCUT2D eigenvalue weighted by Gasteiger charge is -2.20. The molecule has 0 spiro atoms. The molecule has 136 valence electrons. The normalized spacial score (nSPS) is 17.5. The number of benzene rings is 2. The van der Waals surface area contributed by atoms with Crippen LogP contribution in [0.25, 0.3) is 0 Å². The van der Waals surface area contributed by atoms with Crippen molar-refractivity contribution >= 4 is 35.2 Å². The van der Waals surface area contributed by atoms with Gasteiger partial charge in [0.25, 0.3) is 5.91 Å². The third-order valence-corrected chi connectivity index (χ3v) is 5.90. The Morgan fingerprint density at radius 2 is 1.85 bits per heavy atom. The Morgan fingerprint density at radius 1 is 1.12 bits per heavy atom. The summed E-state index contributed by atoms with van der Waals surface area (Å²) in [6.45, 7) is 2.74. The summed E-state index contributed by atoms with van der Waals surface area (Å²) in [6.07, 6.45) is 0.867. The van der Waals surface area contributed by atoms with Crippen LogP contribution in [-0.4, -0.2) is 35.6 Å². The van der Waals surface area contributed by atoms with Gasteiger partial charge >= 0.3 is 5.97 Å². The molecule has 0 N–H and O–H groups in total. The van der Waals surface area contributed by atoms with E-state index in [1.54, 1.807) is 24.3 Å². The molecule has 2 aromatic carbocycles. The van der Waals surface area contributed by atoms with Crippen LogP contribution in [0.3, 0.4) is 0 Å². The maximum Gasteiger partial charge on any atom is 0.308 e. The molecule has 1 fully saturated rings. The summed E-state index contributed by atoms with van der Waals surface area (Å²) in [5, 5.41) is 1.08. The number of thioether (sulfide) groups is 1. The predicted octanol–water partition coefficient (Wildman–Crippen LogP) is 4.59. The highest BCUT2D eigenvalue weighted by molar-refractivity contribution is 7.99. The van der Waals surface area contributed by atoms with Crippen LogP contribution in [0.15, 0.2) is 48.5 Å². The second-order valence-corrected chi connectivity index (χ2v) is 7.80. The molecular formula is C20H20ClNO3S. The molecule has 0 aliphatic carbocycles. The zero-order chi connectivity index (χ0) is 18.5. The van der Waals surface area contributed by atoms with Gasteiger partial charge in [0, 0.05) is 41.6 Å². The van der Waals surface area contributed by atoms with Crippen molar-refractivity contribution in [2.24, 2.45) is 0 Å². The number of esters is 1. The highest BCUT2D eigenvalue weighted by atomic mass is 35.5. The summed E-state index contributed by atoms with van der Waals surface area (Å²) in [6, 6.07) is 14.6. The number of carbonyl (C=O) groups excluding carboxylic acids is 2. The lowest BCUT2D eigenvalue weighted by atomic mass is 10.1. The van der Waals surface area contributed by atoms with Crippen molar-refractivity contribution in [3.63, 3.8) is 0 Å². The Balaban J connectivity index is 1.66. The van der Waals surface area contributed by atoms with E-state index in [1.807, 2.05) is 34.9 Å². The molecule has 0 bridgehead atoms. The molecular weight excluding hydrogens is 370 g/mol. The van der Waals surface area contributed by atoms with Crippen LogP contribution < -0.4 is 4.74 Å². The number of hydrogen-bond acceptors (Lipinski definition) is 4. The van der Waals surface area contributed by atoms with E-state index in [2.05, 4.69) is 6.07 Å². The first-order chi connectivity index (χ1) is 12.5. The van der Waals surface area contributed by atoms with Gasteiger partial charge in [0.1, 0.15) is 5.75 Å². The number of hydrogen-bond donors (Lipinski definition) is 0. The number of nitrogens with zero attached hydrogens (tertiary/aromatic N) is 1. The fourth-order valence-electron chi connectivity index (χ4n) is 2.97. The Labute approximate surface area is 162 Å². The van der Waals surface area contributed by atoms with E-state index in [1.165, 1.54) is 6.92 Å². The van der Waals surface area contributed by atoms with Crippen molar-refractivity contribution in [2.45, 2.75) is 18.6 Å². The summed E-state index contributed by atoms with van der Waals surface area (Å²) in [5.41, 5.74) is 1.74. The highest BCUT2D eigenvalue weighted by Crippen LogP contribution is 2.38. The summed E-state index contributed by atoms with van der Waals surface area (Å²) in [7, 11) is 0. The molecule has 0 aromatic heterocycles. The smallest absolute Gasteiger partial charge is 0.308 e. The molecule has 1 saturated heterocycles. The van der Waals surface area contributed by atoms with Crippen molar-refractivity contribution in [1.29, 1.82) is 0 Å². The van der Waals surface area contributed by atoms with E-state index in [4.69, 9.17) is 16.3 Å². The lowest BCUT2D eigenvalue weighted by molar-refractivity contribution is -0.131. The molecule has 0 saturated carbocycles. The minimum Gasteiger partial charge on any atom is -0.427 e. The van der Waals surface area contributed by atoms with Gasteiger partial charge in [-0.05, 0) is 42.3 Å². The van der Waals surface area contributed by atoms with E-state index < -0.39 is 0 Å². The van der Waals surface area contributed by atoms with Crippen LogP contribution >= 0.6 is 23.4 Å². The molecule has 2 aromatic rings. The van der Waals surface area contributed by atoms with Crippen LogP contribution in [-0.2, 0) is 4.79 Å². The molecule has 1 atom stereocenters. The van der Waals surface area contributed by atoms with Gasteiger partial charge in [-0.25, -0.2) is 0 Å². The predicted molar refractivity (Wildman–Crippen MR) is 105 cm³/mol. The Bertz CT molecular complexity index is 794. The Kier molecular flexibility index (Phi) is 6.22. The minimum absolute atomic E-state index is 0.000200. The molecule has 0 radical (unpaired) electrons. The van der Waals surface area contributed by atoms with Gasteiger partial charge < -0.3 is 9.64 Å². The van der Waals surface area contributed by atoms with Crippen LogP contribution in [0.2, 0.25) is 5.02 Å². The van der Waals surface area contributed by atoms with Gasteiger partial charge in [0.15, 0.2) is 0 Å². The summed E-state index contributed by atoms with van der Waals surface area (Å²) >= 11 is 8.17. The molecule has 1 amide bonds. The van der Waals surface area contributed by atoms with E-state index >= 15 is 0 Å². The van der Waals surface area contributed by atoms with Crippen molar-refractivity contribution in [2.75, 3.05) is 18.8 Å². The zero-order valence-corrected chi connectivity index (χ0v) is 16.1. The van der Waals surface area contributed by atoms with Gasteiger partial charge in [0.05, 0.1) is 0 Å². The summed E-state index contributed by atoms with van der Waals surface area (Å²) < 4.78 is 5.01. The SMILES string of the molecule is CC(=O)Oc1ccc(C(=O)N2CCS[C@@H](c3ccccc3Cl)CC2)cc1. The van der Waals surface area contributed by atoms with Crippen molar-refractivity contribution in [1.82, 2.24) is 4.90 Å². The number of rotatable bonds is 3. The topological polar surface area (TPSA) is 46.6 Å². The number of halogens is 1. The third kappa shape index (κ3) is 4.59. The van der Waals surface area contributed by atoms with Crippen molar-refractivity contribution in [3.05, 3.63) is 64.7 Å². The van der Waals surface area contributed by atoms with Gasteiger partial charge in [-0.1, -0.05) is 29.8 Å². The first-order valence-electron chi connectivity index (χ1n) is 8.48. The quantitative estimate of drug-likeness (QED) is 0.569. The molecule has 1 heterocycles. The van der Waals surface area contributed by atoms with Crippen LogP contribution in [0, 0.1) is 0 Å². The minimum atomic E-state index is -0.376. The molecule has 1 aliphatic rings. The van der Waals surface area contributed by atoms with E-state index in [9.17, 15) is 9.59 Å². The van der Waals surface area contributed by atoms with E-state index in [0.29, 0.717) is 29.7 Å². The molecule has 26 heavy (non-hydrogen) atoms. The van der Waals surface area contributed by atoms with Crippen LogP contribution in [0.1, 0.15) is 34.5 Å². The van der Waals surface area contributed by atoms with Gasteiger partial charge in [0.2, 0.25) is 0 Å². The molecule has 0 unspecified atom stereocenters. The first kappa shape index (κ1) is 18.8. The van der Waals surface area contributed by atoms with E-state index in [-0.39, 0.29) is 11.9 Å². The number of carbonyl (C=O) groups is 2. The second-order valence-electron chi connectivity index (χ2n) is 6.08. The van der Waals surface area contributed by atoms with Gasteiger partial charge in [-0.2, -0.15) is 11.8 Å². The summed E-state index contributed by atoms with van der Waals surface area (Å²) in [5.74, 6) is 0.936.